The van der Waals surface area contributed by atoms with Crippen LogP contribution in [-0.4, -0.2) is 63.3 Å². The summed E-state index contributed by atoms with van der Waals surface area (Å²) in [7, 11) is 0. The van der Waals surface area contributed by atoms with Crippen LogP contribution >= 0.6 is 0 Å². The molecule has 1 aromatic rings. The van der Waals surface area contributed by atoms with Crippen molar-refractivity contribution in [3.63, 3.8) is 0 Å². The highest BCUT2D eigenvalue weighted by Crippen LogP contribution is 2.35. The number of aryl methyl sites for hydroxylation is 1. The van der Waals surface area contributed by atoms with E-state index < -0.39 is 5.60 Å². The summed E-state index contributed by atoms with van der Waals surface area (Å²) in [5.41, 5.74) is 1.04. The Morgan fingerprint density at radius 1 is 1.35 bits per heavy atom. The van der Waals surface area contributed by atoms with Crippen molar-refractivity contribution in [2.75, 3.05) is 19.6 Å². The summed E-state index contributed by atoms with van der Waals surface area (Å²) in [5.74, 6) is -0.0426. The van der Waals surface area contributed by atoms with Crippen LogP contribution in [0.1, 0.15) is 69.1 Å². The average Bonchev–Trinajstić information content (AvgIpc) is 3.21. The average molecular weight is 362 g/mol. The van der Waals surface area contributed by atoms with E-state index >= 15 is 0 Å². The van der Waals surface area contributed by atoms with Gasteiger partial charge < -0.3 is 14.5 Å². The molecule has 144 valence electrons. The van der Waals surface area contributed by atoms with Gasteiger partial charge in [-0.3, -0.25) is 9.89 Å². The Morgan fingerprint density at radius 2 is 2.08 bits per heavy atom. The van der Waals surface area contributed by atoms with Crippen LogP contribution in [0, 0.1) is 0 Å². The van der Waals surface area contributed by atoms with Gasteiger partial charge in [-0.15, -0.1) is 0 Å². The van der Waals surface area contributed by atoms with Crippen molar-refractivity contribution in [3.8, 4) is 0 Å². The van der Waals surface area contributed by atoms with Crippen LogP contribution in [0.25, 0.3) is 0 Å². The lowest BCUT2D eigenvalue weighted by Gasteiger charge is -2.37. The number of likely N-dealkylation sites (tertiary alicyclic amines) is 1. The first-order chi connectivity index (χ1) is 12.5. The summed E-state index contributed by atoms with van der Waals surface area (Å²) >= 11 is 0. The zero-order chi connectivity index (χ0) is 18.7. The highest BCUT2D eigenvalue weighted by molar-refractivity contribution is 5.92. The number of nitrogens with zero attached hydrogens (tertiary/aromatic N) is 3. The molecule has 3 heterocycles. The van der Waals surface area contributed by atoms with E-state index in [9.17, 15) is 9.59 Å². The van der Waals surface area contributed by atoms with Crippen LogP contribution < -0.4 is 0 Å². The van der Waals surface area contributed by atoms with Crippen LogP contribution in [-0.2, 0) is 11.2 Å². The molecule has 1 spiro atoms. The standard InChI is InChI=1S/C19H30N4O3/c1-4-6-14(3)23-13-19(26-18(23)25)8-10-22(11-9-19)17(24)16-12-15(7-5-2)20-21-16/h12,14H,4-11,13H2,1-3H3,(H,20,21)/t14-/m0/s1. The molecule has 1 aromatic heterocycles. The van der Waals surface area contributed by atoms with Crippen molar-refractivity contribution < 1.29 is 14.3 Å². The van der Waals surface area contributed by atoms with Crippen molar-refractivity contribution in [3.05, 3.63) is 17.5 Å². The molecule has 7 nitrogen and oxygen atoms in total. The number of hydrogen-bond donors (Lipinski definition) is 1. The smallest absolute Gasteiger partial charge is 0.410 e. The second kappa shape index (κ2) is 7.68. The molecule has 7 heteroatoms. The fourth-order valence-corrected chi connectivity index (χ4v) is 3.97. The van der Waals surface area contributed by atoms with Crippen LogP contribution in [0.5, 0.6) is 0 Å². The summed E-state index contributed by atoms with van der Waals surface area (Å²) in [4.78, 5) is 28.6. The summed E-state index contributed by atoms with van der Waals surface area (Å²) < 4.78 is 5.77. The first-order valence-electron chi connectivity index (χ1n) is 9.81. The van der Waals surface area contributed by atoms with E-state index in [2.05, 4.69) is 31.0 Å². The number of ether oxygens (including phenoxy) is 1. The minimum atomic E-state index is -0.436. The molecule has 2 aliphatic rings. The van der Waals surface area contributed by atoms with E-state index in [1.807, 2.05) is 15.9 Å². The summed E-state index contributed by atoms with van der Waals surface area (Å²) in [6.07, 6.45) is 5.10. The molecular formula is C19H30N4O3. The molecule has 2 fully saturated rings. The molecular weight excluding hydrogens is 332 g/mol. The summed E-state index contributed by atoms with van der Waals surface area (Å²) in [6, 6.07) is 2.05. The second-order valence-corrected chi connectivity index (χ2v) is 7.64. The van der Waals surface area contributed by atoms with Crippen molar-refractivity contribution in [2.45, 2.75) is 70.9 Å². The third-order valence-electron chi connectivity index (χ3n) is 5.57. The van der Waals surface area contributed by atoms with E-state index in [0.717, 1.165) is 31.4 Å². The third-order valence-corrected chi connectivity index (χ3v) is 5.57. The number of carbonyl (C=O) groups excluding carboxylic acids is 2. The van der Waals surface area contributed by atoms with Gasteiger partial charge in [0.05, 0.1) is 6.54 Å². The largest absolute Gasteiger partial charge is 0.441 e. The predicted molar refractivity (Wildman–Crippen MR) is 98.0 cm³/mol. The Kier molecular flexibility index (Phi) is 5.53. The van der Waals surface area contributed by atoms with E-state index in [4.69, 9.17) is 4.74 Å². The maximum absolute atomic E-state index is 12.7. The monoisotopic (exact) mass is 362 g/mol. The number of aromatic amines is 1. The fourth-order valence-electron chi connectivity index (χ4n) is 3.97. The summed E-state index contributed by atoms with van der Waals surface area (Å²) in [6.45, 7) is 8.13. The van der Waals surface area contributed by atoms with Crippen molar-refractivity contribution in [1.29, 1.82) is 0 Å². The van der Waals surface area contributed by atoms with Crippen LogP contribution in [0.2, 0.25) is 0 Å². The van der Waals surface area contributed by atoms with Gasteiger partial charge in [0.2, 0.25) is 0 Å². The van der Waals surface area contributed by atoms with Gasteiger partial charge >= 0.3 is 6.09 Å². The molecule has 0 radical (unpaired) electrons. The molecule has 0 unspecified atom stereocenters. The summed E-state index contributed by atoms with van der Waals surface area (Å²) in [5, 5.41) is 7.09. The van der Waals surface area contributed by atoms with Gasteiger partial charge in [0.15, 0.2) is 0 Å². The topological polar surface area (TPSA) is 78.5 Å². The van der Waals surface area contributed by atoms with Gasteiger partial charge in [-0.25, -0.2) is 4.79 Å². The molecule has 2 amide bonds. The molecule has 0 aromatic carbocycles. The molecule has 0 saturated carbocycles. The SMILES string of the molecule is CCCc1cc(C(=O)N2CCC3(CC2)CN([C@@H](C)CCC)C(=O)O3)n[nH]1. The molecule has 26 heavy (non-hydrogen) atoms. The van der Waals surface area contributed by atoms with Crippen molar-refractivity contribution in [2.24, 2.45) is 0 Å². The number of H-pyrrole nitrogens is 1. The van der Waals surface area contributed by atoms with E-state index in [0.29, 0.717) is 38.2 Å². The third kappa shape index (κ3) is 3.71. The van der Waals surface area contributed by atoms with Crippen LogP contribution in [0.15, 0.2) is 6.07 Å². The molecule has 1 atom stereocenters. The Balaban J connectivity index is 1.58. The lowest BCUT2D eigenvalue weighted by Crippen LogP contribution is -2.49. The molecule has 2 saturated heterocycles. The predicted octanol–water partition coefficient (Wildman–Crippen LogP) is 2.98. The van der Waals surface area contributed by atoms with Crippen molar-refractivity contribution in [1.82, 2.24) is 20.0 Å². The second-order valence-electron chi connectivity index (χ2n) is 7.64. The van der Waals surface area contributed by atoms with Gasteiger partial charge in [-0.1, -0.05) is 26.7 Å². The van der Waals surface area contributed by atoms with E-state index in [1.54, 1.807) is 0 Å². The minimum absolute atomic E-state index is 0.0426. The number of aromatic nitrogens is 2. The Morgan fingerprint density at radius 3 is 2.73 bits per heavy atom. The lowest BCUT2D eigenvalue weighted by molar-refractivity contribution is 0.00289. The van der Waals surface area contributed by atoms with Crippen molar-refractivity contribution >= 4 is 12.0 Å². The lowest BCUT2D eigenvalue weighted by atomic mass is 9.90. The molecule has 0 aliphatic carbocycles. The molecule has 1 N–H and O–H groups in total. The Hall–Kier alpha value is -2.05. The molecule has 2 aliphatic heterocycles. The maximum Gasteiger partial charge on any atom is 0.410 e. The van der Waals surface area contributed by atoms with Crippen LogP contribution in [0.4, 0.5) is 4.79 Å². The number of hydrogen-bond acceptors (Lipinski definition) is 4. The normalized spacial score (nSPS) is 20.5. The van der Waals surface area contributed by atoms with Gasteiger partial charge in [0.25, 0.3) is 5.91 Å². The number of piperidine rings is 1. The number of rotatable bonds is 6. The van der Waals surface area contributed by atoms with Gasteiger partial charge in [0.1, 0.15) is 11.3 Å². The Labute approximate surface area is 155 Å². The first-order valence-corrected chi connectivity index (χ1v) is 9.81. The highest BCUT2D eigenvalue weighted by Gasteiger charge is 2.48. The highest BCUT2D eigenvalue weighted by atomic mass is 16.6. The van der Waals surface area contributed by atoms with E-state index in [1.165, 1.54) is 0 Å². The van der Waals surface area contributed by atoms with E-state index in [-0.39, 0.29) is 18.0 Å². The van der Waals surface area contributed by atoms with Gasteiger partial charge in [-0.05, 0) is 25.8 Å². The molecule has 3 rings (SSSR count). The number of amides is 2. The zero-order valence-corrected chi connectivity index (χ0v) is 16.1. The fraction of sp³-hybridized carbons (Fsp3) is 0.737. The zero-order valence-electron chi connectivity index (χ0n) is 16.1. The number of nitrogens with one attached hydrogen (secondary N) is 1. The minimum Gasteiger partial charge on any atom is -0.441 e. The number of carbonyl (C=O) groups is 2. The first kappa shape index (κ1) is 18.7. The van der Waals surface area contributed by atoms with Gasteiger partial charge in [0, 0.05) is 37.7 Å². The van der Waals surface area contributed by atoms with Gasteiger partial charge in [-0.2, -0.15) is 5.10 Å². The Bertz CT molecular complexity index is 649. The molecule has 0 bridgehead atoms. The maximum atomic E-state index is 12.7. The quantitative estimate of drug-likeness (QED) is 0.844. The van der Waals surface area contributed by atoms with Crippen LogP contribution in [0.3, 0.4) is 0 Å².